The zero-order chi connectivity index (χ0) is 13.9. The van der Waals surface area contributed by atoms with Crippen molar-refractivity contribution in [1.82, 2.24) is 4.90 Å². The summed E-state index contributed by atoms with van der Waals surface area (Å²) < 4.78 is 13.9. The van der Waals surface area contributed by atoms with Crippen molar-refractivity contribution in [3.8, 4) is 6.07 Å². The molecule has 1 aromatic carbocycles. The molecule has 1 unspecified atom stereocenters. The summed E-state index contributed by atoms with van der Waals surface area (Å²) in [5.41, 5.74) is 1.23. The average Bonchev–Trinajstić information content (AvgIpc) is 3.11. The van der Waals surface area contributed by atoms with Gasteiger partial charge in [-0.05, 0) is 56.3 Å². The molecule has 1 atom stereocenters. The fourth-order valence-electron chi connectivity index (χ4n) is 3.91. The first-order valence-corrected chi connectivity index (χ1v) is 7.70. The number of hydrogen-bond donors (Lipinski definition) is 0. The van der Waals surface area contributed by atoms with Gasteiger partial charge in [-0.15, -0.1) is 0 Å². The third kappa shape index (κ3) is 2.71. The van der Waals surface area contributed by atoms with Crippen LogP contribution in [0.25, 0.3) is 0 Å². The van der Waals surface area contributed by atoms with Crippen LogP contribution in [-0.2, 0) is 6.54 Å². The van der Waals surface area contributed by atoms with Crippen molar-refractivity contribution in [2.75, 3.05) is 6.54 Å². The second kappa shape index (κ2) is 5.93. The summed E-state index contributed by atoms with van der Waals surface area (Å²) in [4.78, 5) is 2.44. The predicted molar refractivity (Wildman–Crippen MR) is 76.5 cm³/mol. The first kappa shape index (κ1) is 13.6. The molecule has 1 aliphatic heterocycles. The number of nitriles is 1. The summed E-state index contributed by atoms with van der Waals surface area (Å²) in [6, 6.07) is 7.41. The molecular weight excluding hydrogens is 251 g/mol. The number of hydrogen-bond acceptors (Lipinski definition) is 2. The van der Waals surface area contributed by atoms with Gasteiger partial charge in [-0.2, -0.15) is 5.26 Å². The van der Waals surface area contributed by atoms with Crippen molar-refractivity contribution in [2.24, 2.45) is 5.92 Å². The zero-order valence-electron chi connectivity index (χ0n) is 11.8. The highest BCUT2D eigenvalue weighted by Crippen LogP contribution is 2.36. The van der Waals surface area contributed by atoms with Gasteiger partial charge in [-0.25, -0.2) is 4.39 Å². The molecule has 3 heteroatoms. The molecule has 1 aromatic rings. The number of nitrogens with zero attached hydrogens (tertiary/aromatic N) is 2. The highest BCUT2D eigenvalue weighted by Gasteiger charge is 2.33. The molecule has 3 rings (SSSR count). The Kier molecular flexibility index (Phi) is 4.03. The molecule has 0 spiro atoms. The van der Waals surface area contributed by atoms with Crippen LogP contribution in [0.2, 0.25) is 0 Å². The lowest BCUT2D eigenvalue weighted by molar-refractivity contribution is 0.181. The topological polar surface area (TPSA) is 27.0 Å². The molecule has 1 aliphatic carbocycles. The Hall–Kier alpha value is -1.40. The largest absolute Gasteiger partial charge is 0.296 e. The van der Waals surface area contributed by atoms with E-state index in [1.807, 2.05) is 0 Å². The van der Waals surface area contributed by atoms with Crippen LogP contribution in [0.4, 0.5) is 4.39 Å². The minimum atomic E-state index is -0.180. The van der Waals surface area contributed by atoms with Gasteiger partial charge in [0.2, 0.25) is 0 Å². The maximum atomic E-state index is 13.9. The van der Waals surface area contributed by atoms with Crippen LogP contribution in [0.5, 0.6) is 0 Å². The number of benzene rings is 1. The van der Waals surface area contributed by atoms with E-state index in [9.17, 15) is 4.39 Å². The monoisotopic (exact) mass is 272 g/mol. The standard InChI is InChI=1S/C17H21FN2/c18-16-8-7-13(11-19)10-15(16)12-20-9-3-6-17(20)14-4-1-2-5-14/h7-8,10,14,17H,1-6,9,12H2. The number of halogens is 1. The van der Waals surface area contributed by atoms with Gasteiger partial charge in [0.25, 0.3) is 0 Å². The Balaban J connectivity index is 1.74. The van der Waals surface area contributed by atoms with Gasteiger partial charge < -0.3 is 0 Å². The van der Waals surface area contributed by atoms with Crippen molar-refractivity contribution >= 4 is 0 Å². The summed E-state index contributed by atoms with van der Waals surface area (Å²) in [6.45, 7) is 1.72. The van der Waals surface area contributed by atoms with Crippen LogP contribution in [0.3, 0.4) is 0 Å². The molecule has 1 saturated heterocycles. The molecule has 2 aliphatic rings. The maximum Gasteiger partial charge on any atom is 0.127 e. The molecule has 0 aromatic heterocycles. The predicted octanol–water partition coefficient (Wildman–Crippen LogP) is 3.85. The minimum Gasteiger partial charge on any atom is -0.296 e. The Bertz CT molecular complexity index is 514. The quantitative estimate of drug-likeness (QED) is 0.835. The van der Waals surface area contributed by atoms with E-state index in [0.29, 0.717) is 23.7 Å². The second-order valence-corrected chi connectivity index (χ2v) is 6.14. The van der Waals surface area contributed by atoms with Gasteiger partial charge in [0, 0.05) is 18.2 Å². The Labute approximate surface area is 120 Å². The van der Waals surface area contributed by atoms with Crippen LogP contribution in [0.1, 0.15) is 49.7 Å². The summed E-state index contributed by atoms with van der Waals surface area (Å²) >= 11 is 0. The van der Waals surface area contributed by atoms with E-state index in [4.69, 9.17) is 5.26 Å². The Morgan fingerprint density at radius 1 is 1.20 bits per heavy atom. The molecule has 1 saturated carbocycles. The fraction of sp³-hybridized carbons (Fsp3) is 0.588. The molecule has 2 fully saturated rings. The summed E-state index contributed by atoms with van der Waals surface area (Å²) in [5, 5.41) is 8.95. The van der Waals surface area contributed by atoms with E-state index in [1.54, 1.807) is 12.1 Å². The highest BCUT2D eigenvalue weighted by molar-refractivity contribution is 5.33. The maximum absolute atomic E-state index is 13.9. The molecule has 106 valence electrons. The van der Waals surface area contributed by atoms with Crippen molar-refractivity contribution in [2.45, 2.75) is 51.1 Å². The Morgan fingerprint density at radius 2 is 2.00 bits per heavy atom. The fourth-order valence-corrected chi connectivity index (χ4v) is 3.91. The van der Waals surface area contributed by atoms with Gasteiger partial charge in [0.1, 0.15) is 5.82 Å². The summed E-state index contributed by atoms with van der Waals surface area (Å²) in [5.74, 6) is 0.626. The van der Waals surface area contributed by atoms with Gasteiger partial charge in [-0.3, -0.25) is 4.90 Å². The van der Waals surface area contributed by atoms with Gasteiger partial charge in [0.05, 0.1) is 11.6 Å². The third-order valence-corrected chi connectivity index (χ3v) is 4.91. The molecule has 20 heavy (non-hydrogen) atoms. The van der Waals surface area contributed by atoms with E-state index < -0.39 is 0 Å². The van der Waals surface area contributed by atoms with E-state index in [1.165, 1.54) is 44.6 Å². The number of likely N-dealkylation sites (tertiary alicyclic amines) is 1. The van der Waals surface area contributed by atoms with E-state index >= 15 is 0 Å². The third-order valence-electron chi connectivity index (χ3n) is 4.91. The molecule has 1 heterocycles. The molecule has 2 nitrogen and oxygen atoms in total. The minimum absolute atomic E-state index is 0.180. The summed E-state index contributed by atoms with van der Waals surface area (Å²) in [6.07, 6.45) is 7.86. The van der Waals surface area contributed by atoms with Crippen LogP contribution in [0.15, 0.2) is 18.2 Å². The first-order chi connectivity index (χ1) is 9.78. The molecule has 0 N–H and O–H groups in total. The van der Waals surface area contributed by atoms with Crippen molar-refractivity contribution in [3.05, 3.63) is 35.1 Å². The lowest BCUT2D eigenvalue weighted by atomic mass is 9.95. The SMILES string of the molecule is N#Cc1ccc(F)c(CN2CCCC2C2CCCC2)c1. The molecule has 0 amide bonds. The van der Waals surface area contributed by atoms with Gasteiger partial charge in [-0.1, -0.05) is 12.8 Å². The van der Waals surface area contributed by atoms with Crippen LogP contribution in [0, 0.1) is 23.1 Å². The van der Waals surface area contributed by atoms with Gasteiger partial charge in [0.15, 0.2) is 0 Å². The van der Waals surface area contributed by atoms with Crippen molar-refractivity contribution in [3.63, 3.8) is 0 Å². The smallest absolute Gasteiger partial charge is 0.127 e. The van der Waals surface area contributed by atoms with E-state index in [0.717, 1.165) is 12.5 Å². The molecule has 0 bridgehead atoms. The Morgan fingerprint density at radius 3 is 2.75 bits per heavy atom. The lowest BCUT2D eigenvalue weighted by Crippen LogP contribution is -2.34. The van der Waals surface area contributed by atoms with Crippen LogP contribution >= 0.6 is 0 Å². The van der Waals surface area contributed by atoms with Crippen molar-refractivity contribution < 1.29 is 4.39 Å². The van der Waals surface area contributed by atoms with Crippen LogP contribution in [-0.4, -0.2) is 17.5 Å². The average molecular weight is 272 g/mol. The van der Waals surface area contributed by atoms with E-state index in [2.05, 4.69) is 11.0 Å². The van der Waals surface area contributed by atoms with Crippen LogP contribution < -0.4 is 0 Å². The first-order valence-electron chi connectivity index (χ1n) is 7.70. The molecular formula is C17H21FN2. The van der Waals surface area contributed by atoms with E-state index in [-0.39, 0.29) is 5.82 Å². The van der Waals surface area contributed by atoms with Crippen molar-refractivity contribution in [1.29, 1.82) is 5.26 Å². The highest BCUT2D eigenvalue weighted by atomic mass is 19.1. The normalized spacial score (nSPS) is 24.1. The molecule has 0 radical (unpaired) electrons. The van der Waals surface area contributed by atoms with Gasteiger partial charge >= 0.3 is 0 Å². The summed E-state index contributed by atoms with van der Waals surface area (Å²) in [7, 11) is 0. The second-order valence-electron chi connectivity index (χ2n) is 6.14. The lowest BCUT2D eigenvalue weighted by Gasteiger charge is -2.29. The number of rotatable bonds is 3. The zero-order valence-corrected chi connectivity index (χ0v) is 11.8.